The predicted octanol–water partition coefficient (Wildman–Crippen LogP) is 2.96. The molecule has 1 heterocycles. The molecule has 0 aromatic heterocycles. The Bertz CT molecular complexity index is 474. The molecule has 1 saturated carbocycles. The van der Waals surface area contributed by atoms with Crippen molar-refractivity contribution in [3.05, 3.63) is 23.8 Å². The molecule has 0 N–H and O–H groups in total. The van der Waals surface area contributed by atoms with Crippen molar-refractivity contribution in [2.75, 3.05) is 18.6 Å². The first-order valence-electron chi connectivity index (χ1n) is 7.24. The second-order valence-corrected chi connectivity index (χ2v) is 5.62. The summed E-state index contributed by atoms with van der Waals surface area (Å²) in [5, 5.41) is 0. The zero-order valence-corrected chi connectivity index (χ0v) is 11.5. The molecule has 1 aliphatic carbocycles. The summed E-state index contributed by atoms with van der Waals surface area (Å²) < 4.78 is 5.65. The van der Waals surface area contributed by atoms with Gasteiger partial charge in [0.05, 0.1) is 6.61 Å². The lowest BCUT2D eigenvalue weighted by Gasteiger charge is -2.33. The van der Waals surface area contributed by atoms with Crippen molar-refractivity contribution in [1.82, 2.24) is 0 Å². The molecule has 1 fully saturated rings. The highest BCUT2D eigenvalue weighted by Gasteiger charge is 2.23. The molecule has 2 aliphatic rings. The molecule has 3 rings (SSSR count). The quantitative estimate of drug-likeness (QED) is 0.817. The van der Waals surface area contributed by atoms with Crippen molar-refractivity contribution in [2.45, 2.75) is 44.6 Å². The minimum atomic E-state index is 0.420. The number of hydrogen-bond acceptors (Lipinski definition) is 3. The second kappa shape index (κ2) is 5.24. The molecule has 0 radical (unpaired) electrons. The standard InChI is InChI=1S/C16H21NO2/c1-17(13-4-7-15(18)8-5-13)14-6-9-16-12(11-14)3-2-10-19-16/h6,9,11,13H,2-5,7-8,10H2,1H3. The van der Waals surface area contributed by atoms with Crippen LogP contribution in [0, 0.1) is 0 Å². The van der Waals surface area contributed by atoms with Gasteiger partial charge in [0.1, 0.15) is 11.5 Å². The summed E-state index contributed by atoms with van der Waals surface area (Å²) in [4.78, 5) is 13.7. The van der Waals surface area contributed by atoms with Crippen LogP contribution in [0.3, 0.4) is 0 Å². The molecule has 0 saturated heterocycles. The van der Waals surface area contributed by atoms with Crippen LogP contribution in [0.4, 0.5) is 5.69 Å². The Morgan fingerprint density at radius 3 is 2.79 bits per heavy atom. The van der Waals surface area contributed by atoms with Crippen molar-refractivity contribution >= 4 is 11.5 Å². The molecule has 19 heavy (non-hydrogen) atoms. The average Bonchev–Trinajstić information content (AvgIpc) is 2.47. The van der Waals surface area contributed by atoms with E-state index in [9.17, 15) is 4.79 Å². The summed E-state index contributed by atoms with van der Waals surface area (Å²) in [5.41, 5.74) is 2.58. The van der Waals surface area contributed by atoms with Gasteiger partial charge in [0, 0.05) is 31.6 Å². The summed E-state index contributed by atoms with van der Waals surface area (Å²) in [6, 6.07) is 6.99. The number of fused-ring (bicyclic) bond motifs is 1. The number of benzene rings is 1. The predicted molar refractivity (Wildman–Crippen MR) is 75.9 cm³/mol. The zero-order valence-electron chi connectivity index (χ0n) is 11.5. The maximum atomic E-state index is 11.3. The number of Topliss-reactive ketones (excluding diaryl/α,β-unsaturated/α-hetero) is 1. The van der Waals surface area contributed by atoms with Crippen LogP contribution >= 0.6 is 0 Å². The van der Waals surface area contributed by atoms with E-state index in [4.69, 9.17) is 4.74 Å². The third-order valence-corrected chi connectivity index (χ3v) is 4.36. The highest BCUT2D eigenvalue weighted by Crippen LogP contribution is 2.31. The van der Waals surface area contributed by atoms with Crippen LogP contribution in [0.1, 0.15) is 37.7 Å². The third-order valence-electron chi connectivity index (χ3n) is 4.36. The van der Waals surface area contributed by atoms with Gasteiger partial charge < -0.3 is 9.64 Å². The van der Waals surface area contributed by atoms with E-state index in [0.29, 0.717) is 11.8 Å². The highest BCUT2D eigenvalue weighted by molar-refractivity contribution is 5.79. The number of ether oxygens (including phenoxy) is 1. The van der Waals surface area contributed by atoms with Crippen LogP contribution in [-0.4, -0.2) is 25.5 Å². The van der Waals surface area contributed by atoms with Gasteiger partial charge >= 0.3 is 0 Å². The molecular weight excluding hydrogens is 238 g/mol. The summed E-state index contributed by atoms with van der Waals surface area (Å²) in [6.07, 6.45) is 5.68. The van der Waals surface area contributed by atoms with E-state index < -0.39 is 0 Å². The lowest BCUT2D eigenvalue weighted by molar-refractivity contribution is -0.120. The van der Waals surface area contributed by atoms with E-state index in [1.54, 1.807) is 0 Å². The van der Waals surface area contributed by atoms with E-state index in [1.807, 2.05) is 0 Å². The monoisotopic (exact) mass is 259 g/mol. The zero-order chi connectivity index (χ0) is 13.2. The smallest absolute Gasteiger partial charge is 0.133 e. The number of hydrogen-bond donors (Lipinski definition) is 0. The van der Waals surface area contributed by atoms with Crippen LogP contribution < -0.4 is 9.64 Å². The summed E-state index contributed by atoms with van der Waals surface area (Å²) in [6.45, 7) is 0.840. The van der Waals surface area contributed by atoms with E-state index in [0.717, 1.165) is 50.9 Å². The molecule has 0 amide bonds. The van der Waals surface area contributed by atoms with Crippen LogP contribution in [0.15, 0.2) is 18.2 Å². The maximum absolute atomic E-state index is 11.3. The number of nitrogens with zero attached hydrogens (tertiary/aromatic N) is 1. The van der Waals surface area contributed by atoms with Crippen molar-refractivity contribution in [1.29, 1.82) is 0 Å². The molecule has 3 nitrogen and oxygen atoms in total. The van der Waals surface area contributed by atoms with Gasteiger partial charge in [-0.05, 0) is 49.4 Å². The van der Waals surface area contributed by atoms with Crippen molar-refractivity contribution in [2.24, 2.45) is 0 Å². The van der Waals surface area contributed by atoms with Crippen LogP contribution in [0.25, 0.3) is 0 Å². The largest absolute Gasteiger partial charge is 0.493 e. The van der Waals surface area contributed by atoms with E-state index >= 15 is 0 Å². The van der Waals surface area contributed by atoms with E-state index in [1.165, 1.54) is 11.3 Å². The van der Waals surface area contributed by atoms with Crippen LogP contribution in [0.5, 0.6) is 5.75 Å². The molecule has 0 atom stereocenters. The molecule has 0 unspecified atom stereocenters. The minimum absolute atomic E-state index is 0.420. The summed E-state index contributed by atoms with van der Waals surface area (Å²) in [7, 11) is 2.14. The summed E-state index contributed by atoms with van der Waals surface area (Å²) >= 11 is 0. The third kappa shape index (κ3) is 2.60. The fourth-order valence-electron chi connectivity index (χ4n) is 3.09. The van der Waals surface area contributed by atoms with Gasteiger partial charge in [0.15, 0.2) is 0 Å². The lowest BCUT2D eigenvalue weighted by atomic mass is 9.93. The number of anilines is 1. The normalized spacial score (nSPS) is 19.7. The first kappa shape index (κ1) is 12.5. The molecular formula is C16H21NO2. The Morgan fingerprint density at radius 1 is 1.21 bits per heavy atom. The van der Waals surface area contributed by atoms with Crippen LogP contribution in [0.2, 0.25) is 0 Å². The van der Waals surface area contributed by atoms with Crippen molar-refractivity contribution in [3.63, 3.8) is 0 Å². The Labute approximate surface area is 114 Å². The van der Waals surface area contributed by atoms with Crippen molar-refractivity contribution < 1.29 is 9.53 Å². The lowest BCUT2D eigenvalue weighted by Crippen LogP contribution is -2.35. The van der Waals surface area contributed by atoms with Gasteiger partial charge in [0.25, 0.3) is 0 Å². The fraction of sp³-hybridized carbons (Fsp3) is 0.562. The molecule has 1 aromatic rings. The molecule has 1 aromatic carbocycles. The Kier molecular flexibility index (Phi) is 3.45. The van der Waals surface area contributed by atoms with Crippen LogP contribution in [-0.2, 0) is 11.2 Å². The first-order chi connectivity index (χ1) is 9.24. The van der Waals surface area contributed by atoms with E-state index in [-0.39, 0.29) is 0 Å². The molecule has 102 valence electrons. The van der Waals surface area contributed by atoms with Gasteiger partial charge in [-0.25, -0.2) is 0 Å². The van der Waals surface area contributed by atoms with Crippen molar-refractivity contribution in [3.8, 4) is 5.75 Å². The fourth-order valence-corrected chi connectivity index (χ4v) is 3.09. The van der Waals surface area contributed by atoms with Gasteiger partial charge in [-0.15, -0.1) is 0 Å². The van der Waals surface area contributed by atoms with Gasteiger partial charge in [0.2, 0.25) is 0 Å². The molecule has 1 aliphatic heterocycles. The summed E-state index contributed by atoms with van der Waals surface area (Å²) in [5.74, 6) is 1.46. The topological polar surface area (TPSA) is 29.5 Å². The Balaban J connectivity index is 1.76. The van der Waals surface area contributed by atoms with Gasteiger partial charge in [-0.2, -0.15) is 0 Å². The maximum Gasteiger partial charge on any atom is 0.133 e. The SMILES string of the molecule is CN(c1ccc2c(c1)CCCO2)C1CCC(=O)CC1. The number of rotatable bonds is 2. The molecule has 3 heteroatoms. The molecule has 0 spiro atoms. The second-order valence-electron chi connectivity index (χ2n) is 5.62. The highest BCUT2D eigenvalue weighted by atomic mass is 16.5. The molecule has 0 bridgehead atoms. The number of carbonyl (C=O) groups excluding carboxylic acids is 1. The number of ketones is 1. The first-order valence-corrected chi connectivity index (χ1v) is 7.24. The average molecular weight is 259 g/mol. The number of carbonyl (C=O) groups is 1. The Hall–Kier alpha value is -1.51. The Morgan fingerprint density at radius 2 is 2.00 bits per heavy atom. The van der Waals surface area contributed by atoms with Gasteiger partial charge in [-0.1, -0.05) is 0 Å². The number of aryl methyl sites for hydroxylation is 1. The minimum Gasteiger partial charge on any atom is -0.493 e. The van der Waals surface area contributed by atoms with Gasteiger partial charge in [-0.3, -0.25) is 4.79 Å². The van der Waals surface area contributed by atoms with E-state index in [2.05, 4.69) is 30.1 Å².